The van der Waals surface area contributed by atoms with Crippen LogP contribution < -0.4 is 11.1 Å². The number of benzene rings is 1. The number of nitrogens with two attached hydrogens (primary N) is 1. The second kappa shape index (κ2) is 6.96. The molecule has 4 nitrogen and oxygen atoms in total. The molecule has 2 unspecified atom stereocenters. The van der Waals surface area contributed by atoms with Crippen LogP contribution in [0, 0.1) is 5.92 Å². The van der Waals surface area contributed by atoms with Gasteiger partial charge in [0.2, 0.25) is 5.91 Å². The van der Waals surface area contributed by atoms with E-state index in [0.717, 1.165) is 31.2 Å². The predicted octanol–water partition coefficient (Wildman–Crippen LogP) is 2.38. The number of halogens is 1. The highest BCUT2D eigenvalue weighted by Crippen LogP contribution is 2.24. The van der Waals surface area contributed by atoms with E-state index in [-0.39, 0.29) is 30.3 Å². The van der Waals surface area contributed by atoms with Gasteiger partial charge < -0.3 is 16.0 Å². The van der Waals surface area contributed by atoms with E-state index in [1.54, 1.807) is 0 Å². The molecule has 2 aromatic rings. The molecule has 21 heavy (non-hydrogen) atoms. The molecule has 0 radical (unpaired) electrons. The molecular formula is C16H22ClN3O. The Balaban J connectivity index is 0.00000161. The van der Waals surface area contributed by atoms with Crippen molar-refractivity contribution in [3.05, 3.63) is 36.0 Å². The molecule has 0 bridgehead atoms. The van der Waals surface area contributed by atoms with Gasteiger partial charge in [0.05, 0.1) is 5.92 Å². The third-order valence-electron chi connectivity index (χ3n) is 4.27. The summed E-state index contributed by atoms with van der Waals surface area (Å²) in [7, 11) is 0. The Hall–Kier alpha value is -1.52. The van der Waals surface area contributed by atoms with Crippen LogP contribution in [0.2, 0.25) is 0 Å². The Morgan fingerprint density at radius 1 is 1.33 bits per heavy atom. The fourth-order valence-corrected chi connectivity index (χ4v) is 3.10. The third-order valence-corrected chi connectivity index (χ3v) is 4.27. The van der Waals surface area contributed by atoms with Crippen molar-refractivity contribution in [2.75, 3.05) is 6.54 Å². The van der Waals surface area contributed by atoms with Crippen LogP contribution in [0.3, 0.4) is 0 Å². The lowest BCUT2D eigenvalue weighted by Crippen LogP contribution is -2.39. The van der Waals surface area contributed by atoms with E-state index in [2.05, 4.69) is 22.4 Å². The van der Waals surface area contributed by atoms with E-state index in [9.17, 15) is 4.79 Å². The molecule has 1 aromatic carbocycles. The van der Waals surface area contributed by atoms with Crippen LogP contribution in [0.4, 0.5) is 0 Å². The molecule has 0 saturated heterocycles. The molecule has 3 rings (SSSR count). The maximum atomic E-state index is 12.0. The molecule has 0 aliphatic heterocycles. The number of nitrogens with one attached hydrogen (secondary N) is 2. The minimum Gasteiger partial charge on any atom is -0.361 e. The molecule has 114 valence electrons. The molecule has 1 aliphatic rings. The summed E-state index contributed by atoms with van der Waals surface area (Å²) in [6, 6.07) is 8.27. The molecule has 2 atom stereocenters. The van der Waals surface area contributed by atoms with Gasteiger partial charge in [-0.1, -0.05) is 24.6 Å². The van der Waals surface area contributed by atoms with Gasteiger partial charge in [-0.2, -0.15) is 0 Å². The molecule has 1 fully saturated rings. The Morgan fingerprint density at radius 3 is 2.90 bits per heavy atom. The number of hydrogen-bond acceptors (Lipinski definition) is 2. The van der Waals surface area contributed by atoms with Gasteiger partial charge in [0, 0.05) is 29.7 Å². The molecule has 5 heteroatoms. The molecule has 1 heterocycles. The monoisotopic (exact) mass is 307 g/mol. The van der Waals surface area contributed by atoms with Crippen LogP contribution in [0.15, 0.2) is 30.5 Å². The van der Waals surface area contributed by atoms with Gasteiger partial charge >= 0.3 is 0 Å². The summed E-state index contributed by atoms with van der Waals surface area (Å²) in [5.41, 5.74) is 8.35. The van der Waals surface area contributed by atoms with Crippen molar-refractivity contribution in [2.24, 2.45) is 11.7 Å². The van der Waals surface area contributed by atoms with E-state index >= 15 is 0 Å². The second-order valence-electron chi connectivity index (χ2n) is 5.60. The van der Waals surface area contributed by atoms with E-state index in [1.807, 2.05) is 18.3 Å². The highest BCUT2D eigenvalue weighted by molar-refractivity contribution is 5.85. The first-order valence-electron chi connectivity index (χ1n) is 7.34. The Bertz CT molecular complexity index is 610. The number of H-pyrrole nitrogens is 1. The van der Waals surface area contributed by atoms with Gasteiger partial charge in [0.1, 0.15) is 0 Å². The van der Waals surface area contributed by atoms with Crippen LogP contribution in [-0.2, 0) is 11.2 Å². The van der Waals surface area contributed by atoms with E-state index < -0.39 is 0 Å². The fraction of sp³-hybridized carbons (Fsp3) is 0.438. The van der Waals surface area contributed by atoms with Gasteiger partial charge in [0.25, 0.3) is 0 Å². The van der Waals surface area contributed by atoms with Crippen LogP contribution in [0.5, 0.6) is 0 Å². The van der Waals surface area contributed by atoms with E-state index in [4.69, 9.17) is 5.73 Å². The summed E-state index contributed by atoms with van der Waals surface area (Å²) < 4.78 is 0. The second-order valence-corrected chi connectivity index (χ2v) is 5.60. The van der Waals surface area contributed by atoms with E-state index in [1.165, 1.54) is 10.9 Å². The quantitative estimate of drug-likeness (QED) is 0.811. The Kier molecular flexibility index (Phi) is 5.26. The molecule has 1 saturated carbocycles. The highest BCUT2D eigenvalue weighted by atomic mass is 35.5. The number of amides is 1. The molecule has 0 spiro atoms. The molecular weight excluding hydrogens is 286 g/mol. The normalized spacial score (nSPS) is 21.2. The number of fused-ring (bicyclic) bond motifs is 1. The van der Waals surface area contributed by atoms with Crippen molar-refractivity contribution in [3.63, 3.8) is 0 Å². The summed E-state index contributed by atoms with van der Waals surface area (Å²) in [4.78, 5) is 15.3. The minimum atomic E-state index is 0. The van der Waals surface area contributed by atoms with Crippen molar-refractivity contribution in [3.8, 4) is 0 Å². The van der Waals surface area contributed by atoms with Crippen LogP contribution in [0.25, 0.3) is 10.9 Å². The van der Waals surface area contributed by atoms with Crippen molar-refractivity contribution >= 4 is 29.2 Å². The average molecular weight is 308 g/mol. The molecule has 1 aliphatic carbocycles. The van der Waals surface area contributed by atoms with Crippen LogP contribution in [-0.4, -0.2) is 23.5 Å². The zero-order valence-corrected chi connectivity index (χ0v) is 12.8. The van der Waals surface area contributed by atoms with Crippen molar-refractivity contribution < 1.29 is 4.79 Å². The molecule has 1 amide bonds. The maximum Gasteiger partial charge on any atom is 0.224 e. The van der Waals surface area contributed by atoms with Gasteiger partial charge in [0.15, 0.2) is 0 Å². The van der Waals surface area contributed by atoms with Crippen LogP contribution >= 0.6 is 12.4 Å². The van der Waals surface area contributed by atoms with Gasteiger partial charge in [-0.25, -0.2) is 0 Å². The summed E-state index contributed by atoms with van der Waals surface area (Å²) in [6.45, 7) is 0.671. The standard InChI is InChI=1S/C16H21N3O.ClH/c17-14-6-3-5-13(14)16(20)18-9-8-11-10-19-15-7-2-1-4-12(11)15;/h1-2,4,7,10,13-14,19H,3,5-6,8-9,17H2,(H,18,20);1H. The number of carbonyl (C=O) groups is 1. The van der Waals surface area contributed by atoms with Crippen molar-refractivity contribution in [1.29, 1.82) is 0 Å². The molecule has 4 N–H and O–H groups in total. The number of rotatable bonds is 4. The first kappa shape index (κ1) is 15.9. The van der Waals surface area contributed by atoms with Gasteiger partial charge in [-0.15, -0.1) is 12.4 Å². The van der Waals surface area contributed by atoms with Gasteiger partial charge in [-0.05, 0) is 30.9 Å². The first-order chi connectivity index (χ1) is 9.75. The topological polar surface area (TPSA) is 70.9 Å². The third kappa shape index (κ3) is 3.39. The van der Waals surface area contributed by atoms with Crippen molar-refractivity contribution in [2.45, 2.75) is 31.7 Å². The smallest absolute Gasteiger partial charge is 0.224 e. The van der Waals surface area contributed by atoms with Crippen molar-refractivity contribution in [1.82, 2.24) is 10.3 Å². The van der Waals surface area contributed by atoms with E-state index in [0.29, 0.717) is 6.54 Å². The highest BCUT2D eigenvalue weighted by Gasteiger charge is 2.29. The number of aromatic nitrogens is 1. The number of para-hydroxylation sites is 1. The largest absolute Gasteiger partial charge is 0.361 e. The summed E-state index contributed by atoms with van der Waals surface area (Å²) in [5.74, 6) is 0.132. The predicted molar refractivity (Wildman–Crippen MR) is 87.6 cm³/mol. The molecule has 1 aromatic heterocycles. The number of aromatic amines is 1. The van der Waals surface area contributed by atoms with Gasteiger partial charge in [-0.3, -0.25) is 4.79 Å². The first-order valence-corrected chi connectivity index (χ1v) is 7.34. The SMILES string of the molecule is Cl.NC1CCCC1C(=O)NCCc1c[nH]c2ccccc12. The minimum absolute atomic E-state index is 0. The lowest BCUT2D eigenvalue weighted by molar-refractivity contribution is -0.125. The summed E-state index contributed by atoms with van der Waals surface area (Å²) in [6.07, 6.45) is 5.85. The summed E-state index contributed by atoms with van der Waals surface area (Å²) >= 11 is 0. The number of carbonyl (C=O) groups excluding carboxylic acids is 1. The Labute approximate surface area is 130 Å². The lowest BCUT2D eigenvalue weighted by atomic mass is 10.0. The fourth-order valence-electron chi connectivity index (χ4n) is 3.10. The lowest BCUT2D eigenvalue weighted by Gasteiger charge is -2.14. The zero-order valence-electron chi connectivity index (χ0n) is 12.0. The number of hydrogen-bond donors (Lipinski definition) is 3. The maximum absolute atomic E-state index is 12.0. The van der Waals surface area contributed by atoms with Crippen LogP contribution in [0.1, 0.15) is 24.8 Å². The zero-order chi connectivity index (χ0) is 13.9. The average Bonchev–Trinajstić information content (AvgIpc) is 3.05. The Morgan fingerprint density at radius 2 is 2.14 bits per heavy atom. The summed E-state index contributed by atoms with van der Waals surface area (Å²) in [5, 5.41) is 4.26.